The number of rotatable bonds is 6. The first kappa shape index (κ1) is 18.5. The maximum absolute atomic E-state index is 9.36. The lowest BCUT2D eigenvalue weighted by Crippen LogP contribution is -2.21. The molecule has 3 rings (SSSR count). The van der Waals surface area contributed by atoms with Crippen LogP contribution in [-0.4, -0.2) is 30.6 Å². The lowest BCUT2D eigenvalue weighted by molar-refractivity contribution is 0.529. The van der Waals surface area contributed by atoms with Crippen molar-refractivity contribution in [2.24, 2.45) is 5.41 Å². The topological polar surface area (TPSA) is 67.7 Å². The minimum absolute atomic E-state index is 0.468. The number of nitrogens with one attached hydrogen (secondary N) is 2. The third-order valence-electron chi connectivity index (χ3n) is 4.64. The molecule has 2 aromatic heterocycles. The van der Waals surface area contributed by atoms with Crippen molar-refractivity contribution in [2.45, 2.75) is 13.8 Å². The van der Waals surface area contributed by atoms with Crippen molar-refractivity contribution in [1.29, 1.82) is 5.26 Å². The Balaban J connectivity index is 2.13. The van der Waals surface area contributed by atoms with Crippen LogP contribution in [0, 0.1) is 16.7 Å². The van der Waals surface area contributed by atoms with Crippen LogP contribution >= 0.6 is 0 Å². The van der Waals surface area contributed by atoms with Crippen LogP contribution in [0.2, 0.25) is 0 Å². The van der Waals surface area contributed by atoms with Gasteiger partial charge < -0.3 is 15.2 Å². The van der Waals surface area contributed by atoms with Crippen LogP contribution < -0.4 is 10.2 Å². The molecule has 0 aliphatic heterocycles. The molecule has 0 aliphatic rings. The van der Waals surface area contributed by atoms with E-state index in [1.54, 1.807) is 0 Å². The largest absolute Gasteiger partial charge is 0.382 e. The third-order valence-corrected chi connectivity index (χ3v) is 4.64. The summed E-state index contributed by atoms with van der Waals surface area (Å²) in [4.78, 5) is 9.79. The SMILES string of the molecule is C=Cc1cc(-c2cnc3[nH]ccc3c2NCC(C)(C)C#N)ccc1N(C)C. The van der Waals surface area contributed by atoms with Gasteiger partial charge in [0.2, 0.25) is 0 Å². The second-order valence-corrected chi connectivity index (χ2v) is 7.51. The summed E-state index contributed by atoms with van der Waals surface area (Å²) in [5.74, 6) is 0. The Kier molecular flexibility index (Phi) is 4.91. The smallest absolute Gasteiger partial charge is 0.139 e. The summed E-state index contributed by atoms with van der Waals surface area (Å²) in [5.41, 5.74) is 5.58. The van der Waals surface area contributed by atoms with Crippen molar-refractivity contribution in [3.63, 3.8) is 0 Å². The van der Waals surface area contributed by atoms with Gasteiger partial charge in [-0.05, 0) is 43.2 Å². The molecule has 138 valence electrons. The molecular weight excluding hydrogens is 334 g/mol. The molecule has 0 atom stereocenters. The van der Waals surface area contributed by atoms with E-state index in [2.05, 4.69) is 51.0 Å². The van der Waals surface area contributed by atoms with Crippen molar-refractivity contribution >= 4 is 28.5 Å². The summed E-state index contributed by atoms with van der Waals surface area (Å²) < 4.78 is 0. The number of benzene rings is 1. The van der Waals surface area contributed by atoms with Crippen LogP contribution in [-0.2, 0) is 0 Å². The Bertz CT molecular complexity index is 1020. The highest BCUT2D eigenvalue weighted by atomic mass is 15.1. The number of aromatic amines is 1. The Labute approximate surface area is 160 Å². The molecule has 0 unspecified atom stereocenters. The highest BCUT2D eigenvalue weighted by molar-refractivity contribution is 5.98. The van der Waals surface area contributed by atoms with Gasteiger partial charge in [-0.1, -0.05) is 18.7 Å². The fourth-order valence-corrected chi connectivity index (χ4v) is 3.06. The zero-order valence-corrected chi connectivity index (χ0v) is 16.3. The maximum Gasteiger partial charge on any atom is 0.139 e. The molecule has 27 heavy (non-hydrogen) atoms. The lowest BCUT2D eigenvalue weighted by Gasteiger charge is -2.21. The zero-order valence-electron chi connectivity index (χ0n) is 16.3. The normalized spacial score (nSPS) is 11.2. The Morgan fingerprint density at radius 1 is 1.33 bits per heavy atom. The number of aromatic nitrogens is 2. The summed E-state index contributed by atoms with van der Waals surface area (Å²) in [6.45, 7) is 8.36. The van der Waals surface area contributed by atoms with Crippen LogP contribution in [0.15, 0.2) is 43.2 Å². The van der Waals surface area contributed by atoms with Gasteiger partial charge in [0, 0.05) is 49.7 Å². The Morgan fingerprint density at radius 3 is 2.78 bits per heavy atom. The van der Waals surface area contributed by atoms with Crippen LogP contribution in [0.5, 0.6) is 0 Å². The number of hydrogen-bond donors (Lipinski definition) is 2. The number of fused-ring (bicyclic) bond motifs is 1. The van der Waals surface area contributed by atoms with Crippen LogP contribution in [0.4, 0.5) is 11.4 Å². The summed E-state index contributed by atoms with van der Waals surface area (Å²) >= 11 is 0. The van der Waals surface area contributed by atoms with E-state index in [9.17, 15) is 5.26 Å². The summed E-state index contributed by atoms with van der Waals surface area (Å²) in [6, 6.07) is 10.7. The first-order valence-corrected chi connectivity index (χ1v) is 8.91. The average Bonchev–Trinajstić information content (AvgIpc) is 3.14. The standard InChI is InChI=1S/C22H25N5/c1-6-15-11-16(7-8-19(15)27(4)5)18-12-25-21-17(9-10-24-21)20(18)26-14-22(2,3)13-23/h6-12H,1,14H2,2-5H3,(H2,24,25,26). The molecule has 0 spiro atoms. The molecule has 2 heterocycles. The molecule has 0 saturated heterocycles. The van der Waals surface area contributed by atoms with Gasteiger partial charge in [-0.2, -0.15) is 5.26 Å². The number of pyridine rings is 1. The molecule has 1 aromatic carbocycles. The monoisotopic (exact) mass is 359 g/mol. The van der Waals surface area contributed by atoms with Gasteiger partial charge in [0.15, 0.2) is 0 Å². The quantitative estimate of drug-likeness (QED) is 0.657. The summed E-state index contributed by atoms with van der Waals surface area (Å²) in [7, 11) is 4.04. The van der Waals surface area contributed by atoms with Crippen molar-refractivity contribution < 1.29 is 0 Å². The van der Waals surface area contributed by atoms with Gasteiger partial charge in [0.1, 0.15) is 5.65 Å². The Morgan fingerprint density at radius 2 is 2.11 bits per heavy atom. The minimum atomic E-state index is -0.468. The van der Waals surface area contributed by atoms with Gasteiger partial charge in [0.05, 0.1) is 17.2 Å². The fourth-order valence-electron chi connectivity index (χ4n) is 3.06. The summed E-state index contributed by atoms with van der Waals surface area (Å²) in [5, 5.41) is 13.9. The Hall–Kier alpha value is -3.26. The van der Waals surface area contributed by atoms with Crippen molar-refractivity contribution in [3.8, 4) is 17.2 Å². The van der Waals surface area contributed by atoms with E-state index in [1.165, 1.54) is 0 Å². The molecule has 0 radical (unpaired) electrons. The molecule has 0 saturated carbocycles. The predicted octanol–water partition coefficient (Wildman–Crippen LogP) is 4.90. The minimum Gasteiger partial charge on any atom is -0.382 e. The van der Waals surface area contributed by atoms with E-state index in [0.717, 1.165) is 39.1 Å². The van der Waals surface area contributed by atoms with E-state index in [1.807, 2.05) is 52.5 Å². The molecule has 5 heteroatoms. The molecule has 2 N–H and O–H groups in total. The van der Waals surface area contributed by atoms with Gasteiger partial charge in [-0.3, -0.25) is 0 Å². The predicted molar refractivity (Wildman–Crippen MR) is 114 cm³/mol. The molecule has 0 aliphatic carbocycles. The first-order valence-electron chi connectivity index (χ1n) is 8.91. The summed E-state index contributed by atoms with van der Waals surface area (Å²) in [6.07, 6.45) is 5.62. The molecule has 0 bridgehead atoms. The number of anilines is 2. The van der Waals surface area contributed by atoms with Gasteiger partial charge >= 0.3 is 0 Å². The van der Waals surface area contributed by atoms with E-state index in [4.69, 9.17) is 0 Å². The second kappa shape index (κ2) is 7.16. The van der Waals surface area contributed by atoms with Gasteiger partial charge in [-0.15, -0.1) is 0 Å². The zero-order chi connectivity index (χ0) is 19.6. The van der Waals surface area contributed by atoms with Crippen molar-refractivity contribution in [1.82, 2.24) is 9.97 Å². The lowest BCUT2D eigenvalue weighted by atomic mass is 9.95. The molecule has 0 fully saturated rings. The van der Waals surface area contributed by atoms with Crippen LogP contribution in [0.25, 0.3) is 28.2 Å². The second-order valence-electron chi connectivity index (χ2n) is 7.51. The third kappa shape index (κ3) is 3.65. The van der Waals surface area contributed by atoms with E-state index < -0.39 is 5.41 Å². The van der Waals surface area contributed by atoms with E-state index >= 15 is 0 Å². The average molecular weight is 359 g/mol. The fraction of sp³-hybridized carbons (Fsp3) is 0.273. The van der Waals surface area contributed by atoms with Crippen molar-refractivity contribution in [3.05, 3.63) is 48.8 Å². The van der Waals surface area contributed by atoms with Gasteiger partial charge in [0.25, 0.3) is 0 Å². The van der Waals surface area contributed by atoms with Gasteiger partial charge in [-0.25, -0.2) is 4.98 Å². The number of nitriles is 1. The highest BCUT2D eigenvalue weighted by Gasteiger charge is 2.19. The van der Waals surface area contributed by atoms with E-state index in [-0.39, 0.29) is 0 Å². The van der Waals surface area contributed by atoms with Crippen molar-refractivity contribution in [2.75, 3.05) is 30.9 Å². The number of hydrogen-bond acceptors (Lipinski definition) is 4. The number of nitrogens with zero attached hydrogens (tertiary/aromatic N) is 3. The molecular formula is C22H25N5. The molecule has 0 amide bonds. The maximum atomic E-state index is 9.36. The highest BCUT2D eigenvalue weighted by Crippen LogP contribution is 2.36. The molecule has 5 nitrogen and oxygen atoms in total. The number of H-pyrrole nitrogens is 1. The molecule has 3 aromatic rings. The van der Waals surface area contributed by atoms with Crippen LogP contribution in [0.1, 0.15) is 19.4 Å². The van der Waals surface area contributed by atoms with Crippen LogP contribution in [0.3, 0.4) is 0 Å². The first-order chi connectivity index (χ1) is 12.9. The van der Waals surface area contributed by atoms with E-state index in [0.29, 0.717) is 6.54 Å².